The number of likely N-dealkylation sites (tertiary alicyclic amines) is 1. The maximum atomic E-state index is 12.0. The molecule has 0 atom stereocenters. The maximum absolute atomic E-state index is 12.0. The Hall–Kier alpha value is -1.26. The van der Waals surface area contributed by atoms with Crippen LogP contribution >= 0.6 is 23.2 Å². The Morgan fingerprint density at radius 3 is 2.77 bits per heavy atom. The minimum absolute atomic E-state index is 0.180. The average molecular weight is 343 g/mol. The highest BCUT2D eigenvalue weighted by Gasteiger charge is 2.15. The molecule has 0 radical (unpaired) electrons. The molecule has 0 bridgehead atoms. The van der Waals surface area contributed by atoms with E-state index in [1.807, 2.05) is 4.90 Å². The molecule has 1 aliphatic rings. The summed E-state index contributed by atoms with van der Waals surface area (Å²) in [6, 6.07) is 4.80. The summed E-state index contributed by atoms with van der Waals surface area (Å²) in [6.45, 7) is 2.06. The van der Waals surface area contributed by atoms with E-state index in [-0.39, 0.29) is 11.8 Å². The van der Waals surface area contributed by atoms with E-state index < -0.39 is 0 Å². The average Bonchev–Trinajstić information content (AvgIpc) is 2.71. The molecule has 0 spiro atoms. The summed E-state index contributed by atoms with van der Waals surface area (Å²) in [4.78, 5) is 25.7. The minimum atomic E-state index is -0.180. The molecule has 22 heavy (non-hydrogen) atoms. The van der Waals surface area contributed by atoms with Crippen LogP contribution in [-0.2, 0) is 4.79 Å². The summed E-state index contributed by atoms with van der Waals surface area (Å²) in [7, 11) is 0. The van der Waals surface area contributed by atoms with Crippen LogP contribution in [-0.4, -0.2) is 36.3 Å². The molecule has 0 saturated carbocycles. The number of halogens is 2. The monoisotopic (exact) mass is 342 g/mol. The number of benzene rings is 1. The Labute approximate surface area is 140 Å². The van der Waals surface area contributed by atoms with Crippen LogP contribution in [0.2, 0.25) is 10.0 Å². The fourth-order valence-corrected chi connectivity index (χ4v) is 2.78. The second-order valence-corrected chi connectivity index (χ2v) is 6.24. The quantitative estimate of drug-likeness (QED) is 0.832. The first kappa shape index (κ1) is 17.1. The van der Waals surface area contributed by atoms with Crippen molar-refractivity contribution in [1.29, 1.82) is 0 Å². The van der Waals surface area contributed by atoms with Crippen LogP contribution in [0.25, 0.3) is 0 Å². The van der Waals surface area contributed by atoms with Gasteiger partial charge in [0.2, 0.25) is 5.91 Å². The lowest BCUT2D eigenvalue weighted by Crippen LogP contribution is -2.34. The predicted octanol–water partition coefficient (Wildman–Crippen LogP) is 3.52. The number of carbonyl (C=O) groups excluding carboxylic acids is 2. The third-order valence-corrected chi connectivity index (χ3v) is 4.48. The van der Waals surface area contributed by atoms with Crippen molar-refractivity contribution in [3.63, 3.8) is 0 Å². The zero-order valence-electron chi connectivity index (χ0n) is 12.4. The molecular weight excluding hydrogens is 323 g/mol. The van der Waals surface area contributed by atoms with E-state index in [1.54, 1.807) is 18.2 Å². The van der Waals surface area contributed by atoms with Gasteiger partial charge in [0.1, 0.15) is 0 Å². The minimum Gasteiger partial charge on any atom is -0.352 e. The standard InChI is InChI=1S/C16H20Cl2N2O2/c17-13-7-6-12(11-14(13)18)16(22)19-8-4-10-20-9-3-1-2-5-15(20)21/h6-7,11H,1-5,8-10H2,(H,19,22). The van der Waals surface area contributed by atoms with Crippen LogP contribution < -0.4 is 5.32 Å². The van der Waals surface area contributed by atoms with Gasteiger partial charge in [-0.15, -0.1) is 0 Å². The van der Waals surface area contributed by atoms with Crippen LogP contribution in [0.15, 0.2) is 18.2 Å². The molecule has 1 aromatic rings. The summed E-state index contributed by atoms with van der Waals surface area (Å²) in [5, 5.41) is 3.63. The van der Waals surface area contributed by atoms with Gasteiger partial charge in [0.25, 0.3) is 5.91 Å². The van der Waals surface area contributed by atoms with Crippen molar-refractivity contribution in [2.24, 2.45) is 0 Å². The van der Waals surface area contributed by atoms with Gasteiger partial charge < -0.3 is 10.2 Å². The second kappa shape index (κ2) is 8.39. The predicted molar refractivity (Wildman–Crippen MR) is 88.5 cm³/mol. The van der Waals surface area contributed by atoms with Crippen molar-refractivity contribution in [3.05, 3.63) is 33.8 Å². The molecule has 1 heterocycles. The summed E-state index contributed by atoms with van der Waals surface area (Å²) < 4.78 is 0. The van der Waals surface area contributed by atoms with E-state index in [4.69, 9.17) is 23.2 Å². The maximum Gasteiger partial charge on any atom is 0.251 e. The molecule has 1 aromatic carbocycles. The Bertz CT molecular complexity index is 549. The lowest BCUT2D eigenvalue weighted by molar-refractivity contribution is -0.130. The third kappa shape index (κ3) is 4.89. The van der Waals surface area contributed by atoms with E-state index in [9.17, 15) is 9.59 Å². The van der Waals surface area contributed by atoms with Gasteiger partial charge >= 0.3 is 0 Å². The van der Waals surface area contributed by atoms with Crippen LogP contribution in [0.3, 0.4) is 0 Å². The number of nitrogens with one attached hydrogen (secondary N) is 1. The third-order valence-electron chi connectivity index (χ3n) is 3.74. The zero-order valence-corrected chi connectivity index (χ0v) is 13.9. The van der Waals surface area contributed by atoms with Crippen LogP contribution in [0.1, 0.15) is 42.5 Å². The fraction of sp³-hybridized carbons (Fsp3) is 0.500. The van der Waals surface area contributed by atoms with Gasteiger partial charge in [0, 0.05) is 31.6 Å². The van der Waals surface area contributed by atoms with Gasteiger partial charge in [-0.3, -0.25) is 9.59 Å². The molecule has 1 N–H and O–H groups in total. The van der Waals surface area contributed by atoms with Gasteiger partial charge in [-0.25, -0.2) is 0 Å². The lowest BCUT2D eigenvalue weighted by atomic mass is 10.2. The highest BCUT2D eigenvalue weighted by atomic mass is 35.5. The molecule has 0 aromatic heterocycles. The number of hydrogen-bond donors (Lipinski definition) is 1. The number of amides is 2. The van der Waals surface area contributed by atoms with E-state index in [0.29, 0.717) is 35.1 Å². The number of rotatable bonds is 5. The first-order chi connectivity index (χ1) is 10.6. The topological polar surface area (TPSA) is 49.4 Å². The van der Waals surface area contributed by atoms with Crippen LogP contribution in [0.4, 0.5) is 0 Å². The van der Waals surface area contributed by atoms with Crippen molar-refractivity contribution >= 4 is 35.0 Å². The highest BCUT2D eigenvalue weighted by Crippen LogP contribution is 2.22. The van der Waals surface area contributed by atoms with E-state index in [0.717, 1.165) is 32.2 Å². The summed E-state index contributed by atoms with van der Waals surface area (Å²) >= 11 is 11.7. The second-order valence-electron chi connectivity index (χ2n) is 5.43. The molecule has 1 saturated heterocycles. The molecule has 0 aliphatic carbocycles. The Balaban J connectivity index is 1.74. The van der Waals surface area contributed by atoms with Gasteiger partial charge in [-0.05, 0) is 37.5 Å². The van der Waals surface area contributed by atoms with Crippen LogP contribution in [0, 0.1) is 0 Å². The van der Waals surface area contributed by atoms with Crippen molar-refractivity contribution in [1.82, 2.24) is 10.2 Å². The number of hydrogen-bond acceptors (Lipinski definition) is 2. The first-order valence-corrected chi connectivity index (χ1v) is 8.34. The Morgan fingerprint density at radius 2 is 2.00 bits per heavy atom. The van der Waals surface area contributed by atoms with Gasteiger partial charge in [0.05, 0.1) is 10.0 Å². The van der Waals surface area contributed by atoms with Gasteiger partial charge in [-0.1, -0.05) is 29.6 Å². The molecule has 1 aliphatic heterocycles. The van der Waals surface area contributed by atoms with Gasteiger partial charge in [-0.2, -0.15) is 0 Å². The van der Waals surface area contributed by atoms with Crippen molar-refractivity contribution in [2.45, 2.75) is 32.1 Å². The molecule has 0 unspecified atom stereocenters. The summed E-state index contributed by atoms with van der Waals surface area (Å²) in [5.74, 6) is 0.0501. The first-order valence-electron chi connectivity index (χ1n) is 7.59. The molecule has 1 fully saturated rings. The SMILES string of the molecule is O=C(NCCCN1CCCCCC1=O)c1ccc(Cl)c(Cl)c1. The lowest BCUT2D eigenvalue weighted by Gasteiger charge is -2.20. The summed E-state index contributed by atoms with van der Waals surface area (Å²) in [6.07, 6.45) is 4.58. The van der Waals surface area contributed by atoms with E-state index >= 15 is 0 Å². The van der Waals surface area contributed by atoms with E-state index in [2.05, 4.69) is 5.32 Å². The summed E-state index contributed by atoms with van der Waals surface area (Å²) in [5.41, 5.74) is 0.486. The van der Waals surface area contributed by atoms with Crippen molar-refractivity contribution in [3.8, 4) is 0 Å². The molecular formula is C16H20Cl2N2O2. The largest absolute Gasteiger partial charge is 0.352 e. The van der Waals surface area contributed by atoms with Gasteiger partial charge in [0.15, 0.2) is 0 Å². The van der Waals surface area contributed by atoms with Crippen molar-refractivity contribution < 1.29 is 9.59 Å². The Morgan fingerprint density at radius 1 is 1.18 bits per heavy atom. The zero-order chi connectivity index (χ0) is 15.9. The smallest absolute Gasteiger partial charge is 0.251 e. The fourth-order valence-electron chi connectivity index (χ4n) is 2.49. The van der Waals surface area contributed by atoms with E-state index in [1.165, 1.54) is 0 Å². The number of carbonyl (C=O) groups is 2. The highest BCUT2D eigenvalue weighted by molar-refractivity contribution is 6.42. The number of nitrogens with zero attached hydrogens (tertiary/aromatic N) is 1. The molecule has 6 heteroatoms. The van der Waals surface area contributed by atoms with Crippen molar-refractivity contribution in [2.75, 3.05) is 19.6 Å². The molecule has 120 valence electrons. The van der Waals surface area contributed by atoms with Crippen LogP contribution in [0.5, 0.6) is 0 Å². The molecule has 2 amide bonds. The molecule has 4 nitrogen and oxygen atoms in total. The Kier molecular flexibility index (Phi) is 6.52. The molecule has 2 rings (SSSR count). The normalized spacial score (nSPS) is 15.5.